The van der Waals surface area contributed by atoms with E-state index < -0.39 is 5.79 Å². The molecule has 5 bridgehead atoms. The summed E-state index contributed by atoms with van der Waals surface area (Å²) in [7, 11) is 3.04. The topological polar surface area (TPSA) is 59.0 Å². The van der Waals surface area contributed by atoms with E-state index >= 15 is 0 Å². The van der Waals surface area contributed by atoms with Crippen LogP contribution in [0.4, 0.5) is 0 Å². The van der Waals surface area contributed by atoms with E-state index in [-0.39, 0.29) is 34.7 Å². The minimum atomic E-state index is -1.31. The summed E-state index contributed by atoms with van der Waals surface area (Å²) < 4.78 is 11.0. The molecular weight excluding hydrogens is 330 g/mol. The third-order valence-electron chi connectivity index (χ3n) is 8.45. The van der Waals surface area contributed by atoms with Crippen LogP contribution < -0.4 is 0 Å². The van der Waals surface area contributed by atoms with E-state index in [9.17, 15) is 9.90 Å². The van der Waals surface area contributed by atoms with Crippen LogP contribution in [0, 0.1) is 22.7 Å². The third-order valence-corrected chi connectivity index (χ3v) is 8.45. The second kappa shape index (κ2) is 5.07. The zero-order chi connectivity index (χ0) is 18.5. The van der Waals surface area contributed by atoms with Crippen molar-refractivity contribution in [3.05, 3.63) is 23.3 Å². The Morgan fingerprint density at radius 1 is 1.35 bits per heavy atom. The van der Waals surface area contributed by atoms with E-state index in [1.807, 2.05) is 6.08 Å². The van der Waals surface area contributed by atoms with Crippen LogP contribution in [0.1, 0.15) is 33.1 Å². The quantitative estimate of drug-likeness (QED) is 0.780. The fourth-order valence-corrected chi connectivity index (χ4v) is 7.52. The summed E-state index contributed by atoms with van der Waals surface area (Å²) in [6.45, 7) is 6.62. The molecule has 6 atom stereocenters. The maximum Gasteiger partial charge on any atom is 0.253 e. The van der Waals surface area contributed by atoms with Crippen molar-refractivity contribution < 1.29 is 19.4 Å². The number of piperidine rings is 1. The molecule has 3 fully saturated rings. The van der Waals surface area contributed by atoms with Gasteiger partial charge in [0, 0.05) is 43.7 Å². The van der Waals surface area contributed by atoms with Gasteiger partial charge in [-0.3, -0.25) is 9.69 Å². The lowest BCUT2D eigenvalue weighted by Crippen LogP contribution is -2.66. The molecule has 1 aliphatic heterocycles. The van der Waals surface area contributed by atoms with Crippen molar-refractivity contribution in [3.63, 3.8) is 0 Å². The van der Waals surface area contributed by atoms with Gasteiger partial charge in [-0.25, -0.2) is 0 Å². The molecule has 1 spiro atoms. The molecule has 26 heavy (non-hydrogen) atoms. The summed E-state index contributed by atoms with van der Waals surface area (Å²) in [5, 5.41) is 11.3. The molecule has 3 unspecified atom stereocenters. The maximum atomic E-state index is 13.4. The van der Waals surface area contributed by atoms with Gasteiger partial charge in [0.2, 0.25) is 5.78 Å². The Hall–Kier alpha value is -1.01. The molecule has 5 nitrogen and oxygen atoms in total. The van der Waals surface area contributed by atoms with Crippen LogP contribution >= 0.6 is 0 Å². The summed E-state index contributed by atoms with van der Waals surface area (Å²) in [5.41, 5.74) is 1.85. The molecule has 0 aromatic carbocycles. The lowest BCUT2D eigenvalue weighted by Gasteiger charge is -2.62. The first-order chi connectivity index (χ1) is 12.4. The van der Waals surface area contributed by atoms with Gasteiger partial charge in [0.25, 0.3) is 5.79 Å². The number of ketones is 1. The Labute approximate surface area is 155 Å². The van der Waals surface area contributed by atoms with Crippen molar-refractivity contribution >= 4 is 5.78 Å². The number of aliphatic hydroxyl groups excluding tert-OH is 1. The predicted molar refractivity (Wildman–Crippen MR) is 96.3 cm³/mol. The number of hydrogen-bond donors (Lipinski definition) is 1. The van der Waals surface area contributed by atoms with Gasteiger partial charge in [-0.05, 0) is 48.8 Å². The monoisotopic (exact) mass is 359 g/mol. The van der Waals surface area contributed by atoms with Crippen LogP contribution in [0.3, 0.4) is 0 Å². The number of Topliss-reactive ketones (excluding diaryl/α,β-unsaturated/α-hetero) is 1. The summed E-state index contributed by atoms with van der Waals surface area (Å²) in [6.07, 6.45) is 6.30. The predicted octanol–water partition coefficient (Wildman–Crippen LogP) is 1.91. The number of allylic oxidation sites excluding steroid dienone is 1. The van der Waals surface area contributed by atoms with Crippen molar-refractivity contribution in [2.75, 3.05) is 27.3 Å². The standard InChI is InChI=1S/C21H29NO4/c1-5-22-11-19(2)8-7-15(23)21-13-6-9-20(25-3,26-4)18(24)16(13)12(17(21)22)10-14(19)21/h6,9,12,14-15,17,23H,5,7-8,10-11H2,1-4H3/t12?,14-,15+,17?,19+,21?/m1/s1. The molecule has 5 heteroatoms. The van der Waals surface area contributed by atoms with Crippen LogP contribution in [0.25, 0.3) is 0 Å². The SMILES string of the molecule is CCN1C[C@]2(C)CC[C@H](O)C34C5=C(C(=O)C(OC)(OC)C=C5)C(C[C@@H]32)C14. The molecule has 0 amide bonds. The molecular formula is C21H29NO4. The molecule has 4 aliphatic carbocycles. The van der Waals surface area contributed by atoms with Gasteiger partial charge in [0.15, 0.2) is 0 Å². The largest absolute Gasteiger partial charge is 0.392 e. The van der Waals surface area contributed by atoms with E-state index in [1.165, 1.54) is 14.2 Å². The lowest BCUT2D eigenvalue weighted by molar-refractivity contribution is -0.183. The van der Waals surface area contributed by atoms with Crippen LogP contribution in [0.2, 0.25) is 0 Å². The number of likely N-dealkylation sites (tertiary alicyclic amines) is 1. The number of rotatable bonds is 3. The summed E-state index contributed by atoms with van der Waals surface area (Å²) in [5.74, 6) is -0.756. The van der Waals surface area contributed by atoms with Gasteiger partial charge in [-0.1, -0.05) is 19.9 Å². The Morgan fingerprint density at radius 3 is 2.73 bits per heavy atom. The zero-order valence-electron chi connectivity index (χ0n) is 16.1. The molecule has 1 heterocycles. The van der Waals surface area contributed by atoms with Crippen LogP contribution in [-0.2, 0) is 14.3 Å². The highest BCUT2D eigenvalue weighted by atomic mass is 16.7. The second-order valence-corrected chi connectivity index (χ2v) is 9.11. The van der Waals surface area contributed by atoms with Crippen LogP contribution in [0.5, 0.6) is 0 Å². The van der Waals surface area contributed by atoms with Crippen molar-refractivity contribution in [2.45, 2.75) is 51.0 Å². The summed E-state index contributed by atoms with van der Waals surface area (Å²) in [4.78, 5) is 16.0. The molecule has 2 saturated carbocycles. The normalized spacial score (nSPS) is 48.3. The lowest BCUT2D eigenvalue weighted by atomic mass is 9.49. The van der Waals surface area contributed by atoms with E-state index in [2.05, 4.69) is 18.7 Å². The molecule has 1 N–H and O–H groups in total. The first-order valence-corrected chi connectivity index (χ1v) is 9.90. The van der Waals surface area contributed by atoms with Crippen molar-refractivity contribution in [2.24, 2.45) is 22.7 Å². The number of methoxy groups -OCH3 is 2. The molecule has 0 aromatic heterocycles. The van der Waals surface area contributed by atoms with Crippen LogP contribution in [0.15, 0.2) is 23.3 Å². The fourth-order valence-electron chi connectivity index (χ4n) is 7.52. The van der Waals surface area contributed by atoms with Gasteiger partial charge in [-0.15, -0.1) is 0 Å². The molecule has 1 saturated heterocycles. The van der Waals surface area contributed by atoms with Gasteiger partial charge in [-0.2, -0.15) is 0 Å². The highest BCUT2D eigenvalue weighted by molar-refractivity contribution is 6.06. The second-order valence-electron chi connectivity index (χ2n) is 9.11. The Balaban J connectivity index is 1.73. The molecule has 0 aromatic rings. The smallest absolute Gasteiger partial charge is 0.253 e. The van der Waals surface area contributed by atoms with Crippen LogP contribution in [-0.4, -0.2) is 61.0 Å². The first kappa shape index (κ1) is 17.1. The fraction of sp³-hybridized carbons (Fsp3) is 0.762. The van der Waals surface area contributed by atoms with Gasteiger partial charge < -0.3 is 14.6 Å². The average Bonchev–Trinajstić information content (AvgIpc) is 3.10. The average molecular weight is 359 g/mol. The van der Waals surface area contributed by atoms with Crippen molar-refractivity contribution in [1.29, 1.82) is 0 Å². The summed E-state index contributed by atoms with van der Waals surface area (Å²) in [6, 6.07) is 0.226. The molecule has 0 radical (unpaired) electrons. The Kier molecular flexibility index (Phi) is 3.34. The minimum absolute atomic E-state index is 0.0669. The number of aliphatic hydroxyl groups is 1. The third kappa shape index (κ3) is 1.58. The number of carbonyl (C=O) groups excluding carboxylic acids is 1. The number of carbonyl (C=O) groups is 1. The first-order valence-electron chi connectivity index (χ1n) is 9.90. The van der Waals surface area contributed by atoms with Gasteiger partial charge in [0.1, 0.15) is 0 Å². The zero-order valence-corrected chi connectivity index (χ0v) is 16.1. The molecule has 5 aliphatic rings. The van der Waals surface area contributed by atoms with Crippen molar-refractivity contribution in [3.8, 4) is 0 Å². The van der Waals surface area contributed by atoms with Gasteiger partial charge in [0.05, 0.1) is 6.10 Å². The molecule has 5 rings (SSSR count). The number of hydrogen-bond acceptors (Lipinski definition) is 5. The highest BCUT2D eigenvalue weighted by Crippen LogP contribution is 2.74. The Bertz CT molecular complexity index is 738. The maximum absolute atomic E-state index is 13.4. The van der Waals surface area contributed by atoms with E-state index in [4.69, 9.17) is 9.47 Å². The number of nitrogens with zero attached hydrogens (tertiary/aromatic N) is 1. The number of ether oxygens (including phenoxy) is 2. The number of fused-ring (bicyclic) bond motifs is 1. The van der Waals surface area contributed by atoms with E-state index in [0.717, 1.165) is 43.5 Å². The van der Waals surface area contributed by atoms with Gasteiger partial charge >= 0.3 is 0 Å². The Morgan fingerprint density at radius 2 is 2.08 bits per heavy atom. The molecule has 142 valence electrons. The van der Waals surface area contributed by atoms with E-state index in [1.54, 1.807) is 6.08 Å². The highest BCUT2D eigenvalue weighted by Gasteiger charge is 2.76. The minimum Gasteiger partial charge on any atom is -0.392 e. The van der Waals surface area contributed by atoms with Crippen molar-refractivity contribution in [1.82, 2.24) is 4.90 Å². The summed E-state index contributed by atoms with van der Waals surface area (Å²) >= 11 is 0. The van der Waals surface area contributed by atoms with E-state index in [0.29, 0.717) is 5.92 Å².